The number of benzene rings is 1. The maximum Gasteiger partial charge on any atom is 0.311 e. The molecular formula is C17H22N4O4S. The summed E-state index contributed by atoms with van der Waals surface area (Å²) in [6.07, 6.45) is 4.21. The molecule has 2 aromatic rings. The number of aromatic nitrogens is 2. The second-order valence-electron chi connectivity index (χ2n) is 6.43. The van der Waals surface area contributed by atoms with Crippen LogP contribution >= 0.6 is 0 Å². The molecule has 1 fully saturated rings. The molecule has 0 atom stereocenters. The van der Waals surface area contributed by atoms with Gasteiger partial charge in [-0.25, -0.2) is 12.7 Å². The quantitative estimate of drug-likeness (QED) is 0.807. The lowest BCUT2D eigenvalue weighted by Gasteiger charge is -2.17. The third kappa shape index (κ3) is 3.78. The molecule has 1 amide bonds. The van der Waals surface area contributed by atoms with Gasteiger partial charge in [0, 0.05) is 32.7 Å². The van der Waals surface area contributed by atoms with Crippen LogP contribution in [0.2, 0.25) is 0 Å². The smallest absolute Gasteiger partial charge is 0.311 e. The Labute approximate surface area is 152 Å². The van der Waals surface area contributed by atoms with Gasteiger partial charge in [0.05, 0.1) is 4.90 Å². The van der Waals surface area contributed by atoms with Crippen molar-refractivity contribution in [2.75, 3.05) is 27.2 Å². The lowest BCUT2D eigenvalue weighted by Crippen LogP contribution is -2.32. The van der Waals surface area contributed by atoms with Gasteiger partial charge in [-0.1, -0.05) is 12.8 Å². The third-order valence-electron chi connectivity index (χ3n) is 4.38. The Hall–Kier alpha value is -2.26. The zero-order valence-corrected chi connectivity index (χ0v) is 15.7. The Morgan fingerprint density at radius 2 is 1.65 bits per heavy atom. The highest BCUT2D eigenvalue weighted by Gasteiger charge is 2.23. The van der Waals surface area contributed by atoms with Gasteiger partial charge in [-0.05, 0) is 37.1 Å². The number of hydrogen-bond donors (Lipinski definition) is 0. The Bertz CT molecular complexity index is 866. The first-order chi connectivity index (χ1) is 12.4. The lowest BCUT2D eigenvalue weighted by atomic mass is 10.2. The van der Waals surface area contributed by atoms with E-state index in [1.165, 1.54) is 26.2 Å². The standard InChI is InChI=1S/C17H22N4O4S/c1-20(2)26(23,24)14-9-7-13(8-10-14)15-18-19-16(25-15)17(22)21-11-5-3-4-6-12-21/h7-10H,3-6,11-12H2,1-2H3. The van der Waals surface area contributed by atoms with Crippen molar-refractivity contribution in [2.24, 2.45) is 0 Å². The maximum absolute atomic E-state index is 12.5. The molecule has 1 aromatic heterocycles. The molecular weight excluding hydrogens is 356 g/mol. The number of likely N-dealkylation sites (tertiary alicyclic amines) is 1. The van der Waals surface area contributed by atoms with Gasteiger partial charge in [0.1, 0.15) is 0 Å². The highest BCUT2D eigenvalue weighted by molar-refractivity contribution is 7.89. The van der Waals surface area contributed by atoms with Gasteiger partial charge in [0.25, 0.3) is 0 Å². The fourth-order valence-electron chi connectivity index (χ4n) is 2.82. The molecule has 0 unspecified atom stereocenters. The van der Waals surface area contributed by atoms with Crippen molar-refractivity contribution in [3.63, 3.8) is 0 Å². The first-order valence-corrected chi connectivity index (χ1v) is 9.99. The van der Waals surface area contributed by atoms with E-state index in [1.54, 1.807) is 17.0 Å². The average Bonchev–Trinajstić information content (AvgIpc) is 2.96. The zero-order chi connectivity index (χ0) is 18.7. The molecule has 1 aromatic carbocycles. The van der Waals surface area contributed by atoms with E-state index in [1.807, 2.05) is 0 Å². The van der Waals surface area contributed by atoms with Crippen LogP contribution in [0.1, 0.15) is 36.4 Å². The Kier molecular flexibility index (Phi) is 5.38. The molecule has 0 aliphatic carbocycles. The summed E-state index contributed by atoms with van der Waals surface area (Å²) >= 11 is 0. The Morgan fingerprint density at radius 1 is 1.04 bits per heavy atom. The SMILES string of the molecule is CN(C)S(=O)(=O)c1ccc(-c2nnc(C(=O)N3CCCCCC3)o2)cc1. The molecule has 0 saturated carbocycles. The minimum Gasteiger partial charge on any atom is -0.412 e. The fraction of sp³-hybridized carbons (Fsp3) is 0.471. The summed E-state index contributed by atoms with van der Waals surface area (Å²) in [4.78, 5) is 14.4. The second kappa shape index (κ2) is 7.55. The molecule has 0 spiro atoms. The van der Waals surface area contributed by atoms with Crippen LogP contribution in [0.4, 0.5) is 0 Å². The number of hydrogen-bond acceptors (Lipinski definition) is 6. The van der Waals surface area contributed by atoms with E-state index in [4.69, 9.17) is 4.42 Å². The van der Waals surface area contributed by atoms with Gasteiger partial charge < -0.3 is 9.32 Å². The Morgan fingerprint density at radius 3 is 2.23 bits per heavy atom. The minimum atomic E-state index is -3.50. The van der Waals surface area contributed by atoms with E-state index >= 15 is 0 Å². The van der Waals surface area contributed by atoms with Gasteiger partial charge in [0.15, 0.2) is 0 Å². The summed E-state index contributed by atoms with van der Waals surface area (Å²) in [6, 6.07) is 6.13. The van der Waals surface area contributed by atoms with E-state index in [2.05, 4.69) is 10.2 Å². The van der Waals surface area contributed by atoms with Gasteiger partial charge in [-0.15, -0.1) is 10.2 Å². The van der Waals surface area contributed by atoms with E-state index in [0.29, 0.717) is 18.7 Å². The molecule has 0 bridgehead atoms. The number of carbonyl (C=O) groups excluding carboxylic acids is 1. The number of rotatable bonds is 4. The number of nitrogens with zero attached hydrogens (tertiary/aromatic N) is 4. The fourth-order valence-corrected chi connectivity index (χ4v) is 3.72. The third-order valence-corrected chi connectivity index (χ3v) is 6.21. The monoisotopic (exact) mass is 378 g/mol. The van der Waals surface area contributed by atoms with Crippen molar-refractivity contribution in [1.82, 2.24) is 19.4 Å². The van der Waals surface area contributed by atoms with E-state index in [0.717, 1.165) is 30.0 Å². The zero-order valence-electron chi connectivity index (χ0n) is 14.9. The van der Waals surface area contributed by atoms with E-state index in [-0.39, 0.29) is 22.6 Å². The second-order valence-corrected chi connectivity index (χ2v) is 8.58. The number of sulfonamides is 1. The normalized spacial score (nSPS) is 15.9. The van der Waals surface area contributed by atoms with Gasteiger partial charge >= 0.3 is 11.8 Å². The first kappa shape index (κ1) is 18.5. The van der Waals surface area contributed by atoms with Crippen LogP contribution in [0, 0.1) is 0 Å². The summed E-state index contributed by atoms with van der Waals surface area (Å²) in [7, 11) is -0.548. The predicted octanol–water partition coefficient (Wildman–Crippen LogP) is 2.00. The summed E-state index contributed by atoms with van der Waals surface area (Å²) < 4.78 is 30.9. The van der Waals surface area contributed by atoms with E-state index in [9.17, 15) is 13.2 Å². The molecule has 1 aliphatic heterocycles. The van der Waals surface area contributed by atoms with Crippen LogP contribution < -0.4 is 0 Å². The molecule has 3 rings (SSSR count). The molecule has 8 nitrogen and oxygen atoms in total. The van der Waals surface area contributed by atoms with Crippen molar-refractivity contribution < 1.29 is 17.6 Å². The highest BCUT2D eigenvalue weighted by atomic mass is 32.2. The summed E-state index contributed by atoms with van der Waals surface area (Å²) in [6.45, 7) is 1.40. The molecule has 0 N–H and O–H groups in total. The minimum absolute atomic E-state index is 0.0353. The molecule has 2 heterocycles. The van der Waals surface area contributed by atoms with Crippen LogP contribution in [0.25, 0.3) is 11.5 Å². The van der Waals surface area contributed by atoms with Crippen molar-refractivity contribution >= 4 is 15.9 Å². The molecule has 1 aliphatic rings. The van der Waals surface area contributed by atoms with Crippen LogP contribution in [-0.4, -0.2) is 60.9 Å². The van der Waals surface area contributed by atoms with Gasteiger partial charge in [-0.3, -0.25) is 4.79 Å². The molecule has 140 valence electrons. The van der Waals surface area contributed by atoms with Crippen LogP contribution in [0.15, 0.2) is 33.6 Å². The lowest BCUT2D eigenvalue weighted by molar-refractivity contribution is 0.0722. The first-order valence-electron chi connectivity index (χ1n) is 8.55. The van der Waals surface area contributed by atoms with Crippen molar-refractivity contribution in [2.45, 2.75) is 30.6 Å². The van der Waals surface area contributed by atoms with E-state index < -0.39 is 10.0 Å². The van der Waals surface area contributed by atoms with Crippen molar-refractivity contribution in [3.05, 3.63) is 30.2 Å². The predicted molar refractivity (Wildman–Crippen MR) is 95.0 cm³/mol. The molecule has 1 saturated heterocycles. The summed E-state index contributed by atoms with van der Waals surface area (Å²) in [5.74, 6) is -0.0960. The molecule has 9 heteroatoms. The van der Waals surface area contributed by atoms with Crippen LogP contribution in [0.5, 0.6) is 0 Å². The van der Waals surface area contributed by atoms with Crippen LogP contribution in [-0.2, 0) is 10.0 Å². The average molecular weight is 378 g/mol. The Balaban J connectivity index is 1.78. The largest absolute Gasteiger partial charge is 0.412 e. The molecule has 0 radical (unpaired) electrons. The summed E-state index contributed by atoms with van der Waals surface area (Å²) in [5.41, 5.74) is 0.560. The summed E-state index contributed by atoms with van der Waals surface area (Å²) in [5, 5.41) is 7.79. The van der Waals surface area contributed by atoms with Gasteiger partial charge in [0.2, 0.25) is 15.9 Å². The number of amides is 1. The molecule has 26 heavy (non-hydrogen) atoms. The van der Waals surface area contributed by atoms with Gasteiger partial charge in [-0.2, -0.15) is 0 Å². The topological polar surface area (TPSA) is 96.6 Å². The van der Waals surface area contributed by atoms with Crippen molar-refractivity contribution in [3.8, 4) is 11.5 Å². The number of carbonyl (C=O) groups is 1. The highest BCUT2D eigenvalue weighted by Crippen LogP contribution is 2.22. The maximum atomic E-state index is 12.5. The van der Waals surface area contributed by atoms with Crippen LogP contribution in [0.3, 0.4) is 0 Å². The van der Waals surface area contributed by atoms with Crippen molar-refractivity contribution in [1.29, 1.82) is 0 Å².